The average Bonchev–Trinajstić information content (AvgIpc) is 2.69. The number of rotatable bonds is 5. The summed E-state index contributed by atoms with van der Waals surface area (Å²) in [5, 5.41) is 2.91. The minimum absolute atomic E-state index is 0.00324. The smallest absolute Gasteiger partial charge is 0.433 e. The second kappa shape index (κ2) is 7.71. The molecule has 28 heavy (non-hydrogen) atoms. The van der Waals surface area contributed by atoms with Crippen LogP contribution in [0.2, 0.25) is 0 Å². The van der Waals surface area contributed by atoms with Crippen LogP contribution in [-0.2, 0) is 6.18 Å². The number of hydrogen-bond acceptors (Lipinski definition) is 6. The molecule has 1 aromatic carbocycles. The van der Waals surface area contributed by atoms with Gasteiger partial charge in [0.15, 0.2) is 23.0 Å². The van der Waals surface area contributed by atoms with Gasteiger partial charge in [-0.25, -0.2) is 9.97 Å². The van der Waals surface area contributed by atoms with Crippen molar-refractivity contribution in [3.8, 4) is 22.9 Å². The van der Waals surface area contributed by atoms with Gasteiger partial charge in [0.25, 0.3) is 0 Å². The van der Waals surface area contributed by atoms with Gasteiger partial charge < -0.3 is 14.8 Å². The first-order chi connectivity index (χ1) is 13.3. The van der Waals surface area contributed by atoms with Crippen LogP contribution in [0.4, 0.5) is 24.7 Å². The van der Waals surface area contributed by atoms with Crippen molar-refractivity contribution < 1.29 is 22.6 Å². The molecule has 2 heterocycles. The van der Waals surface area contributed by atoms with E-state index in [1.54, 1.807) is 31.2 Å². The lowest BCUT2D eigenvalue weighted by molar-refractivity contribution is -0.141. The summed E-state index contributed by atoms with van der Waals surface area (Å²) in [6, 6.07) is 7.40. The summed E-state index contributed by atoms with van der Waals surface area (Å²) in [6.07, 6.45) is -1.70. The van der Waals surface area contributed by atoms with Gasteiger partial charge in [-0.3, -0.25) is 4.98 Å². The van der Waals surface area contributed by atoms with Crippen LogP contribution in [0.15, 0.2) is 42.7 Å². The Morgan fingerprint density at radius 1 is 1.00 bits per heavy atom. The molecule has 9 heteroatoms. The zero-order valence-corrected chi connectivity index (χ0v) is 15.3. The van der Waals surface area contributed by atoms with Crippen molar-refractivity contribution in [1.29, 1.82) is 0 Å². The van der Waals surface area contributed by atoms with Crippen molar-refractivity contribution in [3.05, 3.63) is 54.0 Å². The van der Waals surface area contributed by atoms with Gasteiger partial charge in [-0.05, 0) is 30.7 Å². The average molecular weight is 390 g/mol. The van der Waals surface area contributed by atoms with Crippen molar-refractivity contribution in [2.45, 2.75) is 13.1 Å². The number of alkyl halides is 3. The Balaban J connectivity index is 2.07. The molecular weight excluding hydrogens is 373 g/mol. The molecule has 146 valence electrons. The van der Waals surface area contributed by atoms with Crippen LogP contribution in [-0.4, -0.2) is 29.2 Å². The molecule has 1 N–H and O–H groups in total. The summed E-state index contributed by atoms with van der Waals surface area (Å²) >= 11 is 0. The van der Waals surface area contributed by atoms with Gasteiger partial charge in [-0.1, -0.05) is 0 Å². The van der Waals surface area contributed by atoms with E-state index in [4.69, 9.17) is 9.47 Å². The molecule has 3 rings (SSSR count). The fourth-order valence-electron chi connectivity index (χ4n) is 2.53. The minimum Gasteiger partial charge on any atom is -0.493 e. The van der Waals surface area contributed by atoms with E-state index in [1.807, 2.05) is 0 Å². The lowest BCUT2D eigenvalue weighted by Gasteiger charge is -2.15. The predicted octanol–water partition coefficient (Wildman–Crippen LogP) is 4.63. The molecular formula is C19H17F3N4O2. The van der Waals surface area contributed by atoms with Gasteiger partial charge in [-0.2, -0.15) is 13.2 Å². The van der Waals surface area contributed by atoms with Crippen LogP contribution >= 0.6 is 0 Å². The number of halogens is 3. The molecule has 6 nitrogen and oxygen atoms in total. The zero-order valence-electron chi connectivity index (χ0n) is 15.3. The normalized spacial score (nSPS) is 11.2. The number of hydrogen-bond donors (Lipinski definition) is 1. The highest BCUT2D eigenvalue weighted by Gasteiger charge is 2.34. The standard InChI is InChI=1S/C19H17F3N4O2/c1-11-7-14(27-2)15(28-3)8-13(11)24-17-9-16(19(20,21)22)25-18(26-17)12-5-4-6-23-10-12/h4-10H,1-3H3,(H,24,25,26). The first-order valence-electron chi connectivity index (χ1n) is 8.18. The van der Waals surface area contributed by atoms with Crippen LogP contribution in [0.5, 0.6) is 11.5 Å². The lowest BCUT2D eigenvalue weighted by Crippen LogP contribution is -2.11. The number of ether oxygens (including phenoxy) is 2. The summed E-state index contributed by atoms with van der Waals surface area (Å²) in [6.45, 7) is 1.79. The molecule has 2 aromatic heterocycles. The molecule has 0 spiro atoms. The summed E-state index contributed by atoms with van der Waals surface area (Å²) in [5.41, 5.74) is 0.594. The Labute approximate surface area is 159 Å². The molecule has 0 bridgehead atoms. The highest BCUT2D eigenvalue weighted by Crippen LogP contribution is 2.35. The Morgan fingerprint density at radius 3 is 2.32 bits per heavy atom. The number of pyridine rings is 1. The predicted molar refractivity (Wildman–Crippen MR) is 97.8 cm³/mol. The van der Waals surface area contributed by atoms with E-state index < -0.39 is 11.9 Å². The number of methoxy groups -OCH3 is 2. The van der Waals surface area contributed by atoms with Crippen molar-refractivity contribution in [3.63, 3.8) is 0 Å². The highest BCUT2D eigenvalue weighted by atomic mass is 19.4. The second-order valence-corrected chi connectivity index (χ2v) is 5.85. The number of aryl methyl sites for hydroxylation is 1. The zero-order chi connectivity index (χ0) is 20.3. The molecule has 0 saturated heterocycles. The van der Waals surface area contributed by atoms with Crippen molar-refractivity contribution in [2.24, 2.45) is 0 Å². The lowest BCUT2D eigenvalue weighted by atomic mass is 10.1. The topological polar surface area (TPSA) is 69.2 Å². The molecule has 3 aromatic rings. The molecule has 0 unspecified atom stereocenters. The van der Waals surface area contributed by atoms with Crippen LogP contribution in [0.3, 0.4) is 0 Å². The fraction of sp³-hybridized carbons (Fsp3) is 0.211. The molecule has 0 aliphatic rings. The van der Waals surface area contributed by atoms with Crippen molar-refractivity contribution in [1.82, 2.24) is 15.0 Å². The van der Waals surface area contributed by atoms with Crippen LogP contribution in [0.25, 0.3) is 11.4 Å². The number of nitrogens with zero attached hydrogens (tertiary/aromatic N) is 3. The van der Waals surface area contributed by atoms with E-state index in [0.717, 1.165) is 11.6 Å². The minimum atomic E-state index is -4.62. The molecule has 0 fully saturated rings. The molecule has 0 atom stereocenters. The van der Waals surface area contributed by atoms with E-state index in [1.165, 1.54) is 26.6 Å². The summed E-state index contributed by atoms with van der Waals surface area (Å²) in [5.74, 6) is 0.869. The summed E-state index contributed by atoms with van der Waals surface area (Å²) < 4.78 is 50.5. The number of aromatic nitrogens is 3. The summed E-state index contributed by atoms with van der Waals surface area (Å²) in [4.78, 5) is 11.8. The first kappa shape index (κ1) is 19.4. The van der Waals surface area contributed by atoms with Gasteiger partial charge in [-0.15, -0.1) is 0 Å². The van der Waals surface area contributed by atoms with Gasteiger partial charge in [0, 0.05) is 35.8 Å². The number of nitrogens with one attached hydrogen (secondary N) is 1. The van der Waals surface area contributed by atoms with Gasteiger partial charge in [0.1, 0.15) is 5.82 Å². The van der Waals surface area contributed by atoms with E-state index in [9.17, 15) is 13.2 Å². The molecule has 0 radical (unpaired) electrons. The van der Waals surface area contributed by atoms with Crippen molar-refractivity contribution >= 4 is 11.5 Å². The Hall–Kier alpha value is -3.36. The SMILES string of the molecule is COc1cc(C)c(Nc2cc(C(F)(F)F)nc(-c3cccnc3)n2)cc1OC. The third-order valence-corrected chi connectivity index (χ3v) is 3.93. The van der Waals surface area contributed by atoms with Crippen LogP contribution in [0, 0.1) is 6.92 Å². The first-order valence-corrected chi connectivity index (χ1v) is 8.18. The van der Waals surface area contributed by atoms with Gasteiger partial charge in [0.05, 0.1) is 14.2 Å². The van der Waals surface area contributed by atoms with E-state index in [-0.39, 0.29) is 11.6 Å². The third-order valence-electron chi connectivity index (χ3n) is 3.93. The number of benzene rings is 1. The maximum atomic E-state index is 13.3. The fourth-order valence-corrected chi connectivity index (χ4v) is 2.53. The van der Waals surface area contributed by atoms with E-state index in [2.05, 4.69) is 20.3 Å². The maximum absolute atomic E-state index is 13.3. The molecule has 0 saturated carbocycles. The Kier molecular flexibility index (Phi) is 5.34. The second-order valence-electron chi connectivity index (χ2n) is 5.85. The number of anilines is 2. The van der Waals surface area contributed by atoms with Crippen LogP contribution in [0.1, 0.15) is 11.3 Å². The Bertz CT molecular complexity index is 979. The molecule has 0 aliphatic carbocycles. The molecule has 0 amide bonds. The van der Waals surface area contributed by atoms with Gasteiger partial charge >= 0.3 is 6.18 Å². The largest absolute Gasteiger partial charge is 0.493 e. The highest BCUT2D eigenvalue weighted by molar-refractivity contribution is 5.67. The molecule has 0 aliphatic heterocycles. The summed E-state index contributed by atoms with van der Waals surface area (Å²) in [7, 11) is 2.98. The van der Waals surface area contributed by atoms with Gasteiger partial charge in [0.2, 0.25) is 0 Å². The van der Waals surface area contributed by atoms with Crippen LogP contribution < -0.4 is 14.8 Å². The quantitative estimate of drug-likeness (QED) is 0.685. The Morgan fingerprint density at radius 2 is 1.71 bits per heavy atom. The van der Waals surface area contributed by atoms with E-state index in [0.29, 0.717) is 22.7 Å². The van der Waals surface area contributed by atoms with E-state index >= 15 is 0 Å². The monoisotopic (exact) mass is 390 g/mol. The maximum Gasteiger partial charge on any atom is 0.433 e. The van der Waals surface area contributed by atoms with Crippen molar-refractivity contribution in [2.75, 3.05) is 19.5 Å². The third kappa shape index (κ3) is 4.13.